The SMILES string of the molecule is OC=CCc1ccccc1. The summed E-state index contributed by atoms with van der Waals surface area (Å²) in [6.45, 7) is 0. The van der Waals surface area contributed by atoms with E-state index in [0.717, 1.165) is 12.7 Å². The van der Waals surface area contributed by atoms with Crippen LogP contribution in [-0.4, -0.2) is 5.11 Å². The third-order valence-electron chi connectivity index (χ3n) is 1.30. The first kappa shape index (κ1) is 6.87. The van der Waals surface area contributed by atoms with E-state index >= 15 is 0 Å². The van der Waals surface area contributed by atoms with Gasteiger partial charge in [0.1, 0.15) is 0 Å². The highest BCUT2D eigenvalue weighted by molar-refractivity contribution is 5.16. The van der Waals surface area contributed by atoms with Crippen molar-refractivity contribution in [2.45, 2.75) is 6.42 Å². The van der Waals surface area contributed by atoms with E-state index in [2.05, 4.69) is 0 Å². The molecule has 0 bridgehead atoms. The molecule has 0 spiro atoms. The molecule has 1 aromatic carbocycles. The summed E-state index contributed by atoms with van der Waals surface area (Å²) < 4.78 is 0. The first-order valence-electron chi connectivity index (χ1n) is 3.26. The lowest BCUT2D eigenvalue weighted by Gasteiger charge is -1.91. The van der Waals surface area contributed by atoms with E-state index in [0.29, 0.717) is 0 Å². The summed E-state index contributed by atoms with van der Waals surface area (Å²) in [5.74, 6) is 0. The van der Waals surface area contributed by atoms with Crippen molar-refractivity contribution in [3.63, 3.8) is 0 Å². The average molecular weight is 134 g/mol. The van der Waals surface area contributed by atoms with Crippen LogP contribution in [-0.2, 0) is 6.42 Å². The molecule has 0 heterocycles. The first-order valence-corrected chi connectivity index (χ1v) is 3.26. The van der Waals surface area contributed by atoms with Crippen LogP contribution in [0.3, 0.4) is 0 Å². The number of benzene rings is 1. The Morgan fingerprint density at radius 2 is 1.90 bits per heavy atom. The molecule has 0 saturated heterocycles. The molecule has 0 fully saturated rings. The molecule has 0 aliphatic carbocycles. The minimum absolute atomic E-state index is 0.803. The zero-order valence-electron chi connectivity index (χ0n) is 5.70. The molecule has 0 unspecified atom stereocenters. The number of hydrogen-bond donors (Lipinski definition) is 1. The predicted molar refractivity (Wildman–Crippen MR) is 41.9 cm³/mol. The van der Waals surface area contributed by atoms with E-state index in [-0.39, 0.29) is 0 Å². The summed E-state index contributed by atoms with van der Waals surface area (Å²) in [4.78, 5) is 0. The molecule has 0 amide bonds. The summed E-state index contributed by atoms with van der Waals surface area (Å²) in [6.07, 6.45) is 3.60. The summed E-state index contributed by atoms with van der Waals surface area (Å²) in [7, 11) is 0. The van der Waals surface area contributed by atoms with Gasteiger partial charge in [0, 0.05) is 0 Å². The lowest BCUT2D eigenvalue weighted by Crippen LogP contribution is -1.77. The second kappa shape index (κ2) is 3.72. The molecule has 0 saturated carbocycles. The summed E-state index contributed by atoms with van der Waals surface area (Å²) in [6, 6.07) is 10.0. The zero-order valence-corrected chi connectivity index (χ0v) is 5.70. The van der Waals surface area contributed by atoms with Crippen LogP contribution in [0.1, 0.15) is 5.56 Å². The van der Waals surface area contributed by atoms with Crippen LogP contribution in [0.15, 0.2) is 42.7 Å². The largest absolute Gasteiger partial charge is 0.516 e. The van der Waals surface area contributed by atoms with Gasteiger partial charge < -0.3 is 5.11 Å². The minimum atomic E-state index is 0.803. The Bertz CT molecular complexity index is 201. The normalized spacial score (nSPS) is 10.4. The molecule has 0 aliphatic rings. The fraction of sp³-hybridized carbons (Fsp3) is 0.111. The van der Waals surface area contributed by atoms with Crippen LogP contribution in [0, 0.1) is 0 Å². The number of allylic oxidation sites excluding steroid dienone is 1. The lowest BCUT2D eigenvalue weighted by atomic mass is 10.2. The molecule has 0 atom stereocenters. The molecule has 1 nitrogen and oxygen atoms in total. The van der Waals surface area contributed by atoms with E-state index in [1.165, 1.54) is 5.56 Å². The highest BCUT2D eigenvalue weighted by Gasteiger charge is 1.83. The lowest BCUT2D eigenvalue weighted by molar-refractivity contribution is 0.471. The van der Waals surface area contributed by atoms with Crippen molar-refractivity contribution in [2.24, 2.45) is 0 Å². The second-order valence-corrected chi connectivity index (χ2v) is 2.07. The number of aliphatic hydroxyl groups excluding tert-OH is 1. The van der Waals surface area contributed by atoms with E-state index < -0.39 is 0 Å². The van der Waals surface area contributed by atoms with Gasteiger partial charge in [0.05, 0.1) is 6.26 Å². The van der Waals surface area contributed by atoms with Crippen LogP contribution in [0.5, 0.6) is 0 Å². The molecule has 0 radical (unpaired) electrons. The molecule has 0 aromatic heterocycles. The van der Waals surface area contributed by atoms with Crippen LogP contribution >= 0.6 is 0 Å². The fourth-order valence-electron chi connectivity index (χ4n) is 0.803. The van der Waals surface area contributed by atoms with Gasteiger partial charge in [0.2, 0.25) is 0 Å². The van der Waals surface area contributed by atoms with Crippen LogP contribution in [0.2, 0.25) is 0 Å². The molecule has 1 N–H and O–H groups in total. The Balaban J connectivity index is 2.59. The molecular formula is C9H10O. The Hall–Kier alpha value is -1.24. The van der Waals surface area contributed by atoms with E-state index in [1.807, 2.05) is 30.3 Å². The third kappa shape index (κ3) is 1.94. The Morgan fingerprint density at radius 3 is 2.50 bits per heavy atom. The van der Waals surface area contributed by atoms with Gasteiger partial charge in [-0.2, -0.15) is 0 Å². The maximum absolute atomic E-state index is 8.35. The Kier molecular flexibility index (Phi) is 2.56. The number of rotatable bonds is 2. The van der Waals surface area contributed by atoms with Crippen molar-refractivity contribution in [1.29, 1.82) is 0 Å². The molecule has 52 valence electrons. The topological polar surface area (TPSA) is 20.2 Å². The monoisotopic (exact) mass is 134 g/mol. The number of aliphatic hydroxyl groups is 1. The maximum Gasteiger partial charge on any atom is 0.0755 e. The first-order chi connectivity index (χ1) is 4.93. The van der Waals surface area contributed by atoms with Gasteiger partial charge in [-0.3, -0.25) is 0 Å². The smallest absolute Gasteiger partial charge is 0.0755 e. The molecule has 1 aromatic rings. The molecule has 1 heteroatoms. The molecule has 0 aliphatic heterocycles. The van der Waals surface area contributed by atoms with Gasteiger partial charge in [-0.25, -0.2) is 0 Å². The van der Waals surface area contributed by atoms with E-state index in [4.69, 9.17) is 5.11 Å². The van der Waals surface area contributed by atoms with Crippen molar-refractivity contribution >= 4 is 0 Å². The van der Waals surface area contributed by atoms with Crippen molar-refractivity contribution in [3.8, 4) is 0 Å². The van der Waals surface area contributed by atoms with Gasteiger partial charge in [-0.15, -0.1) is 0 Å². The van der Waals surface area contributed by atoms with Gasteiger partial charge in [-0.1, -0.05) is 30.3 Å². The van der Waals surface area contributed by atoms with Crippen LogP contribution in [0.25, 0.3) is 0 Å². The van der Waals surface area contributed by atoms with E-state index in [1.54, 1.807) is 6.08 Å². The van der Waals surface area contributed by atoms with Gasteiger partial charge in [-0.05, 0) is 18.1 Å². The van der Waals surface area contributed by atoms with Crippen molar-refractivity contribution in [2.75, 3.05) is 0 Å². The van der Waals surface area contributed by atoms with Crippen molar-refractivity contribution in [1.82, 2.24) is 0 Å². The molecular weight excluding hydrogens is 124 g/mol. The summed E-state index contributed by atoms with van der Waals surface area (Å²) >= 11 is 0. The zero-order chi connectivity index (χ0) is 7.23. The third-order valence-corrected chi connectivity index (χ3v) is 1.30. The van der Waals surface area contributed by atoms with Gasteiger partial charge in [0.25, 0.3) is 0 Å². The standard InChI is InChI=1S/C9H10O/c10-8-4-7-9-5-2-1-3-6-9/h1-6,8,10H,7H2. The predicted octanol–water partition coefficient (Wildman–Crippen LogP) is 2.30. The summed E-state index contributed by atoms with van der Waals surface area (Å²) in [5.41, 5.74) is 1.22. The van der Waals surface area contributed by atoms with Gasteiger partial charge in [0.15, 0.2) is 0 Å². The van der Waals surface area contributed by atoms with Gasteiger partial charge >= 0.3 is 0 Å². The highest BCUT2D eigenvalue weighted by Crippen LogP contribution is 1.99. The maximum atomic E-state index is 8.35. The quantitative estimate of drug-likeness (QED) is 0.615. The molecule has 1 rings (SSSR count). The minimum Gasteiger partial charge on any atom is -0.516 e. The van der Waals surface area contributed by atoms with Crippen LogP contribution in [0.4, 0.5) is 0 Å². The average Bonchev–Trinajstić information content (AvgIpc) is 2.03. The van der Waals surface area contributed by atoms with Crippen LogP contribution < -0.4 is 0 Å². The van der Waals surface area contributed by atoms with Crippen molar-refractivity contribution < 1.29 is 5.11 Å². The highest BCUT2D eigenvalue weighted by atomic mass is 16.2. The molecule has 10 heavy (non-hydrogen) atoms. The fourth-order valence-corrected chi connectivity index (χ4v) is 0.803. The second-order valence-electron chi connectivity index (χ2n) is 2.07. The van der Waals surface area contributed by atoms with Crippen molar-refractivity contribution in [3.05, 3.63) is 48.2 Å². The Labute approximate surface area is 60.6 Å². The Morgan fingerprint density at radius 1 is 1.20 bits per heavy atom. The summed E-state index contributed by atoms with van der Waals surface area (Å²) in [5, 5.41) is 8.35. The number of hydrogen-bond acceptors (Lipinski definition) is 1. The van der Waals surface area contributed by atoms with E-state index in [9.17, 15) is 0 Å².